The van der Waals surface area contributed by atoms with Crippen LogP contribution in [0.5, 0.6) is 5.75 Å². The van der Waals surface area contributed by atoms with Crippen LogP contribution in [0.1, 0.15) is 30.5 Å². The van der Waals surface area contributed by atoms with E-state index in [-0.39, 0.29) is 11.9 Å². The van der Waals surface area contributed by atoms with Crippen LogP contribution in [0.15, 0.2) is 48.5 Å². The van der Waals surface area contributed by atoms with Crippen LogP contribution in [0.3, 0.4) is 0 Å². The maximum Gasteiger partial charge on any atom is 0.123 e. The number of rotatable bonds is 7. The summed E-state index contributed by atoms with van der Waals surface area (Å²) in [4.78, 5) is 0. The molecule has 0 aromatic heterocycles. The SMILES string of the molecule is CCCNC(COc1ccccc1)c1cc(C)cc(F)c1. The standard InChI is InChI=1S/C18H22FNO/c1-3-9-20-18(13-21-17-7-5-4-6-8-17)15-10-14(2)11-16(19)12-15/h4-8,10-12,18,20H,3,9,13H2,1-2H3. The lowest BCUT2D eigenvalue weighted by Gasteiger charge is -2.20. The van der Waals surface area contributed by atoms with Gasteiger partial charge >= 0.3 is 0 Å². The van der Waals surface area contributed by atoms with Gasteiger partial charge in [-0.3, -0.25) is 0 Å². The molecule has 1 atom stereocenters. The minimum atomic E-state index is -0.201. The number of benzene rings is 2. The van der Waals surface area contributed by atoms with Gasteiger partial charge < -0.3 is 10.1 Å². The van der Waals surface area contributed by atoms with Crippen molar-refractivity contribution in [3.8, 4) is 5.75 Å². The quantitative estimate of drug-likeness (QED) is 0.822. The van der Waals surface area contributed by atoms with Gasteiger partial charge in [0.1, 0.15) is 18.2 Å². The molecule has 0 heterocycles. The average Bonchev–Trinajstić information content (AvgIpc) is 2.47. The van der Waals surface area contributed by atoms with Crippen LogP contribution in [-0.4, -0.2) is 13.2 Å². The normalized spacial score (nSPS) is 12.1. The van der Waals surface area contributed by atoms with Crippen LogP contribution < -0.4 is 10.1 Å². The molecule has 2 rings (SSSR count). The van der Waals surface area contributed by atoms with E-state index in [4.69, 9.17) is 4.74 Å². The average molecular weight is 287 g/mol. The lowest BCUT2D eigenvalue weighted by atomic mass is 10.0. The molecule has 1 N–H and O–H groups in total. The summed E-state index contributed by atoms with van der Waals surface area (Å²) in [6.07, 6.45) is 1.02. The molecule has 2 aromatic rings. The second kappa shape index (κ2) is 7.79. The van der Waals surface area contributed by atoms with Gasteiger partial charge in [-0.1, -0.05) is 31.2 Å². The van der Waals surface area contributed by atoms with E-state index < -0.39 is 0 Å². The van der Waals surface area contributed by atoms with Crippen molar-refractivity contribution < 1.29 is 9.13 Å². The molecule has 0 aliphatic rings. The number of ether oxygens (including phenoxy) is 1. The van der Waals surface area contributed by atoms with Crippen LogP contribution in [0, 0.1) is 12.7 Å². The summed E-state index contributed by atoms with van der Waals surface area (Å²) in [5.74, 6) is 0.627. The third kappa shape index (κ3) is 4.87. The predicted molar refractivity (Wildman–Crippen MR) is 84.1 cm³/mol. The summed E-state index contributed by atoms with van der Waals surface area (Å²) < 4.78 is 19.4. The highest BCUT2D eigenvalue weighted by molar-refractivity contribution is 5.27. The van der Waals surface area contributed by atoms with Crippen molar-refractivity contribution in [1.82, 2.24) is 5.32 Å². The first kappa shape index (κ1) is 15.5. The molecular formula is C18H22FNO. The highest BCUT2D eigenvalue weighted by Gasteiger charge is 2.13. The summed E-state index contributed by atoms with van der Waals surface area (Å²) in [7, 11) is 0. The van der Waals surface area contributed by atoms with E-state index in [1.165, 1.54) is 0 Å². The smallest absolute Gasteiger partial charge is 0.123 e. The first-order chi connectivity index (χ1) is 10.2. The van der Waals surface area contributed by atoms with Gasteiger partial charge in [-0.05, 0) is 55.3 Å². The Morgan fingerprint density at radius 3 is 2.57 bits per heavy atom. The Morgan fingerprint density at radius 2 is 1.90 bits per heavy atom. The number of nitrogens with one attached hydrogen (secondary N) is 1. The van der Waals surface area contributed by atoms with E-state index in [1.54, 1.807) is 12.1 Å². The number of para-hydroxylation sites is 1. The predicted octanol–water partition coefficient (Wildman–Crippen LogP) is 4.25. The van der Waals surface area contributed by atoms with E-state index >= 15 is 0 Å². The molecule has 3 heteroatoms. The van der Waals surface area contributed by atoms with Crippen LogP contribution in [-0.2, 0) is 0 Å². The fourth-order valence-corrected chi connectivity index (χ4v) is 2.25. The van der Waals surface area contributed by atoms with Crippen molar-refractivity contribution in [3.63, 3.8) is 0 Å². The number of hydrogen-bond donors (Lipinski definition) is 1. The highest BCUT2D eigenvalue weighted by Crippen LogP contribution is 2.19. The van der Waals surface area contributed by atoms with Gasteiger partial charge in [-0.2, -0.15) is 0 Å². The minimum absolute atomic E-state index is 0.0143. The lowest BCUT2D eigenvalue weighted by Crippen LogP contribution is -2.27. The molecule has 0 amide bonds. The summed E-state index contributed by atoms with van der Waals surface area (Å²) >= 11 is 0. The molecule has 1 unspecified atom stereocenters. The van der Waals surface area contributed by atoms with Crippen molar-refractivity contribution in [1.29, 1.82) is 0 Å². The summed E-state index contributed by atoms with van der Waals surface area (Å²) in [6, 6.07) is 14.8. The first-order valence-electron chi connectivity index (χ1n) is 7.37. The van der Waals surface area contributed by atoms with E-state index in [0.717, 1.165) is 29.8 Å². The van der Waals surface area contributed by atoms with Crippen molar-refractivity contribution in [3.05, 3.63) is 65.5 Å². The lowest BCUT2D eigenvalue weighted by molar-refractivity contribution is 0.266. The molecule has 112 valence electrons. The summed E-state index contributed by atoms with van der Waals surface area (Å²) in [6.45, 7) is 5.37. The molecule has 0 aliphatic heterocycles. The summed E-state index contributed by atoms with van der Waals surface area (Å²) in [5, 5.41) is 3.42. The van der Waals surface area contributed by atoms with Gasteiger partial charge in [0, 0.05) is 0 Å². The second-order valence-electron chi connectivity index (χ2n) is 5.19. The Balaban J connectivity index is 2.10. The molecule has 21 heavy (non-hydrogen) atoms. The third-order valence-electron chi connectivity index (χ3n) is 3.27. The van der Waals surface area contributed by atoms with E-state index in [1.807, 2.05) is 43.3 Å². The topological polar surface area (TPSA) is 21.3 Å². The first-order valence-corrected chi connectivity index (χ1v) is 7.37. The third-order valence-corrected chi connectivity index (χ3v) is 3.27. The molecule has 2 nitrogen and oxygen atoms in total. The zero-order valence-corrected chi connectivity index (χ0v) is 12.6. The van der Waals surface area contributed by atoms with Crippen LogP contribution in [0.2, 0.25) is 0 Å². The van der Waals surface area contributed by atoms with Crippen LogP contribution >= 0.6 is 0 Å². The molecule has 0 bridgehead atoms. The minimum Gasteiger partial charge on any atom is -0.492 e. The maximum atomic E-state index is 13.6. The Labute approximate surface area is 126 Å². The van der Waals surface area contributed by atoms with Crippen LogP contribution in [0.4, 0.5) is 4.39 Å². The van der Waals surface area contributed by atoms with E-state index in [2.05, 4.69) is 12.2 Å². The van der Waals surface area contributed by atoms with Crippen molar-refractivity contribution >= 4 is 0 Å². The van der Waals surface area contributed by atoms with Gasteiger partial charge in [0.05, 0.1) is 6.04 Å². The summed E-state index contributed by atoms with van der Waals surface area (Å²) in [5.41, 5.74) is 1.85. The van der Waals surface area contributed by atoms with Gasteiger partial charge in [0.25, 0.3) is 0 Å². The number of hydrogen-bond acceptors (Lipinski definition) is 2. The van der Waals surface area contributed by atoms with Crippen LogP contribution in [0.25, 0.3) is 0 Å². The Hall–Kier alpha value is -1.87. The highest BCUT2D eigenvalue weighted by atomic mass is 19.1. The molecule has 0 saturated heterocycles. The zero-order valence-electron chi connectivity index (χ0n) is 12.6. The molecule has 0 saturated carbocycles. The van der Waals surface area contributed by atoms with Crippen molar-refractivity contribution in [2.24, 2.45) is 0 Å². The molecule has 0 aliphatic carbocycles. The second-order valence-corrected chi connectivity index (χ2v) is 5.19. The van der Waals surface area contributed by atoms with E-state index in [9.17, 15) is 4.39 Å². The van der Waals surface area contributed by atoms with Crippen molar-refractivity contribution in [2.45, 2.75) is 26.3 Å². The largest absolute Gasteiger partial charge is 0.492 e. The molecule has 2 aromatic carbocycles. The van der Waals surface area contributed by atoms with Gasteiger partial charge in [-0.25, -0.2) is 4.39 Å². The van der Waals surface area contributed by atoms with Gasteiger partial charge in [0.15, 0.2) is 0 Å². The molecule has 0 spiro atoms. The van der Waals surface area contributed by atoms with Crippen molar-refractivity contribution in [2.75, 3.05) is 13.2 Å². The fourth-order valence-electron chi connectivity index (χ4n) is 2.25. The zero-order chi connectivity index (χ0) is 15.1. The van der Waals surface area contributed by atoms with Gasteiger partial charge in [-0.15, -0.1) is 0 Å². The Bertz CT molecular complexity index is 536. The molecule has 0 fully saturated rings. The number of aryl methyl sites for hydroxylation is 1. The van der Waals surface area contributed by atoms with Gasteiger partial charge in [0.2, 0.25) is 0 Å². The van der Waals surface area contributed by atoms with E-state index in [0.29, 0.717) is 6.61 Å². The molecule has 0 radical (unpaired) electrons. The fraction of sp³-hybridized carbons (Fsp3) is 0.333. The monoisotopic (exact) mass is 287 g/mol. The Morgan fingerprint density at radius 1 is 1.14 bits per heavy atom. The number of halogens is 1. The Kier molecular flexibility index (Phi) is 5.76. The molecular weight excluding hydrogens is 265 g/mol. The maximum absolute atomic E-state index is 13.6.